The monoisotopic (exact) mass is 644 g/mol. The number of rotatable bonds is 16. The molecule has 1 heterocycles. The number of Topliss-reactive ketones (excluding diaryl/α,β-unsaturated/α-hetero) is 2. The molecule has 0 saturated heterocycles. The lowest BCUT2D eigenvalue weighted by atomic mass is 9.77. The van der Waals surface area contributed by atoms with Crippen LogP contribution in [0.1, 0.15) is 65.5 Å². The van der Waals surface area contributed by atoms with Crippen molar-refractivity contribution >= 4 is 17.5 Å². The van der Waals surface area contributed by atoms with Gasteiger partial charge in [-0.1, -0.05) is 102 Å². The van der Waals surface area contributed by atoms with Gasteiger partial charge in [0.25, 0.3) is 0 Å². The topological polar surface area (TPSA) is 146 Å². The third kappa shape index (κ3) is 11.8. The lowest BCUT2D eigenvalue weighted by Crippen LogP contribution is -2.51. The van der Waals surface area contributed by atoms with Gasteiger partial charge in [-0.25, -0.2) is 5.01 Å². The summed E-state index contributed by atoms with van der Waals surface area (Å²) in [4.78, 5) is 43.8. The first-order chi connectivity index (χ1) is 22.1. The summed E-state index contributed by atoms with van der Waals surface area (Å²) in [7, 11) is 0. The van der Waals surface area contributed by atoms with E-state index in [-0.39, 0.29) is 37.6 Å². The van der Waals surface area contributed by atoms with Gasteiger partial charge in [-0.2, -0.15) is 0 Å². The van der Waals surface area contributed by atoms with Gasteiger partial charge in [-0.15, -0.1) is 0 Å². The van der Waals surface area contributed by atoms with Crippen molar-refractivity contribution in [2.24, 2.45) is 28.4 Å². The number of ketones is 2. The smallest absolute Gasteiger partial charge is 0.238 e. The average molecular weight is 645 g/mol. The summed E-state index contributed by atoms with van der Waals surface area (Å²) < 4.78 is 0. The van der Waals surface area contributed by atoms with Crippen molar-refractivity contribution in [3.05, 3.63) is 90.1 Å². The summed E-state index contributed by atoms with van der Waals surface area (Å²) in [5.74, 6) is -2.14. The normalized spacial score (nSPS) is 14.7. The lowest BCUT2D eigenvalue weighted by molar-refractivity contribution is -0.138. The van der Waals surface area contributed by atoms with Crippen molar-refractivity contribution in [1.29, 1.82) is 0 Å². The number of aliphatic hydroxyl groups excluding tert-OH is 2. The number of nitrogens with one attached hydrogen (secondary N) is 1. The van der Waals surface area contributed by atoms with Crippen LogP contribution in [-0.4, -0.2) is 63.0 Å². The van der Waals surface area contributed by atoms with Crippen molar-refractivity contribution in [2.75, 3.05) is 13.2 Å². The highest BCUT2D eigenvalue weighted by Gasteiger charge is 2.35. The van der Waals surface area contributed by atoms with Gasteiger partial charge in [0.2, 0.25) is 5.91 Å². The van der Waals surface area contributed by atoms with E-state index in [2.05, 4.69) is 10.4 Å². The number of benzene rings is 2. The number of pyridine rings is 1. The maximum atomic E-state index is 13.8. The Hall–Kier alpha value is -3.76. The van der Waals surface area contributed by atoms with Crippen LogP contribution in [0.25, 0.3) is 11.3 Å². The first-order valence-corrected chi connectivity index (χ1v) is 16.3. The van der Waals surface area contributed by atoms with Gasteiger partial charge in [0.1, 0.15) is 12.4 Å². The van der Waals surface area contributed by atoms with E-state index in [9.17, 15) is 24.6 Å². The number of amides is 1. The molecule has 0 fully saturated rings. The standard InChI is InChI=1S/C38H52N4O5/c1-37(2,3)31(22-30(44)25-43)36(47)41-42(23-27-15-17-28(18-16-27)32-14-10-11-19-40-32)24-34(46)29(20-26-12-8-7-9-13-26)21-33(45)35(39)38(4,5)6/h7-19,29,31,34-35,43,46H,20-25,39H2,1-6H3,(H,41,47)/t29-,31-,34+,35-/m1/s1. The van der Waals surface area contributed by atoms with Crippen molar-refractivity contribution in [3.8, 4) is 11.3 Å². The Bertz CT molecular complexity index is 1430. The van der Waals surface area contributed by atoms with Crippen molar-refractivity contribution in [3.63, 3.8) is 0 Å². The van der Waals surface area contributed by atoms with Crippen LogP contribution >= 0.6 is 0 Å². The summed E-state index contributed by atoms with van der Waals surface area (Å²) >= 11 is 0. The van der Waals surface area contributed by atoms with Crippen LogP contribution in [0, 0.1) is 22.7 Å². The Balaban J connectivity index is 1.91. The number of aromatic nitrogens is 1. The van der Waals surface area contributed by atoms with Gasteiger partial charge in [-0.3, -0.25) is 24.8 Å². The molecule has 9 nitrogen and oxygen atoms in total. The second-order valence-electron chi connectivity index (χ2n) is 14.6. The summed E-state index contributed by atoms with van der Waals surface area (Å²) in [6.45, 7) is 11.0. The van der Waals surface area contributed by atoms with E-state index in [0.717, 1.165) is 22.4 Å². The second-order valence-corrected chi connectivity index (χ2v) is 14.6. The first kappa shape index (κ1) is 37.7. The van der Waals surface area contributed by atoms with Crippen LogP contribution in [0.4, 0.5) is 0 Å². The second kappa shape index (κ2) is 16.9. The number of nitrogens with zero attached hydrogens (tertiary/aromatic N) is 2. The SMILES string of the molecule is CC(C)(C)[C@H](N)C(=O)C[C@@H](Cc1ccccc1)[C@@H](O)CN(Cc1ccc(-c2ccccn2)cc1)NC(=O)[C@@H](CC(=O)CO)C(C)(C)C. The quantitative estimate of drug-likeness (QED) is 0.164. The highest BCUT2D eigenvalue weighted by Crippen LogP contribution is 2.30. The highest BCUT2D eigenvalue weighted by atomic mass is 16.3. The van der Waals surface area contributed by atoms with Crippen LogP contribution in [0.3, 0.4) is 0 Å². The molecule has 0 aliphatic carbocycles. The van der Waals surface area contributed by atoms with Crippen molar-refractivity contribution < 1.29 is 24.6 Å². The largest absolute Gasteiger partial charge is 0.391 e. The third-order valence-electron chi connectivity index (χ3n) is 8.56. The molecule has 4 atom stereocenters. The molecule has 3 aromatic rings. The summed E-state index contributed by atoms with van der Waals surface area (Å²) in [5, 5.41) is 22.8. The van der Waals surface area contributed by atoms with Crippen LogP contribution in [0.15, 0.2) is 79.0 Å². The molecule has 0 aliphatic rings. The average Bonchev–Trinajstić information content (AvgIpc) is 3.02. The Morgan fingerprint density at radius 1 is 0.851 bits per heavy atom. The van der Waals surface area contributed by atoms with E-state index in [0.29, 0.717) is 6.42 Å². The van der Waals surface area contributed by atoms with Crippen LogP contribution in [0.5, 0.6) is 0 Å². The van der Waals surface area contributed by atoms with Gasteiger partial charge >= 0.3 is 0 Å². The van der Waals surface area contributed by atoms with Gasteiger partial charge in [-0.05, 0) is 46.4 Å². The Labute approximate surface area is 279 Å². The molecule has 0 unspecified atom stereocenters. The van der Waals surface area contributed by atoms with Crippen LogP contribution in [0.2, 0.25) is 0 Å². The van der Waals surface area contributed by atoms with Crippen LogP contribution in [-0.2, 0) is 27.3 Å². The first-order valence-electron chi connectivity index (χ1n) is 16.3. The number of aliphatic hydroxyl groups is 2. The molecule has 0 bridgehead atoms. The minimum Gasteiger partial charge on any atom is -0.391 e. The molecular weight excluding hydrogens is 592 g/mol. The molecule has 1 aromatic heterocycles. The molecule has 0 saturated carbocycles. The van der Waals surface area contributed by atoms with Gasteiger partial charge in [0.15, 0.2) is 5.78 Å². The molecule has 0 aliphatic heterocycles. The molecule has 0 radical (unpaired) electrons. The number of hydrazine groups is 1. The summed E-state index contributed by atoms with van der Waals surface area (Å²) in [5.41, 5.74) is 11.9. The van der Waals surface area contributed by atoms with Gasteiger partial charge in [0.05, 0.1) is 23.8 Å². The van der Waals surface area contributed by atoms with Gasteiger partial charge < -0.3 is 15.9 Å². The predicted octanol–water partition coefficient (Wildman–Crippen LogP) is 4.75. The number of hydrogen-bond donors (Lipinski definition) is 4. The maximum absolute atomic E-state index is 13.8. The number of nitrogens with two attached hydrogens (primary N) is 1. The molecule has 0 spiro atoms. The fourth-order valence-corrected chi connectivity index (χ4v) is 5.51. The number of carbonyl (C=O) groups is 3. The summed E-state index contributed by atoms with van der Waals surface area (Å²) in [6.07, 6.45) is 1.13. The predicted molar refractivity (Wildman–Crippen MR) is 185 cm³/mol. The molecule has 1 amide bonds. The third-order valence-corrected chi connectivity index (χ3v) is 8.56. The number of hydrogen-bond acceptors (Lipinski definition) is 8. The zero-order valence-corrected chi connectivity index (χ0v) is 28.6. The van der Waals surface area contributed by atoms with E-state index in [1.54, 1.807) is 11.2 Å². The highest BCUT2D eigenvalue weighted by molar-refractivity contribution is 5.87. The fraction of sp³-hybridized carbons (Fsp3) is 0.474. The minimum atomic E-state index is -1.01. The van der Waals surface area contributed by atoms with E-state index in [1.165, 1.54) is 0 Å². The zero-order valence-electron chi connectivity index (χ0n) is 28.6. The lowest BCUT2D eigenvalue weighted by Gasteiger charge is -2.34. The zero-order chi connectivity index (χ0) is 34.8. The van der Waals surface area contributed by atoms with E-state index >= 15 is 0 Å². The van der Waals surface area contributed by atoms with E-state index in [1.807, 2.05) is 114 Å². The van der Waals surface area contributed by atoms with Crippen LogP contribution < -0.4 is 11.2 Å². The molecule has 2 aromatic carbocycles. The molecule has 3 rings (SSSR count). The fourth-order valence-electron chi connectivity index (χ4n) is 5.51. The minimum absolute atomic E-state index is 0.0219. The molecular formula is C38H52N4O5. The van der Waals surface area contributed by atoms with Gasteiger partial charge in [0, 0.05) is 37.7 Å². The van der Waals surface area contributed by atoms with E-state index in [4.69, 9.17) is 5.73 Å². The maximum Gasteiger partial charge on any atom is 0.238 e. The molecule has 9 heteroatoms. The Kier molecular flexibility index (Phi) is 13.5. The van der Waals surface area contributed by atoms with E-state index < -0.39 is 47.2 Å². The Morgan fingerprint density at radius 2 is 1.49 bits per heavy atom. The molecule has 5 N–H and O–H groups in total. The summed E-state index contributed by atoms with van der Waals surface area (Å²) in [6, 6.07) is 22.5. The molecule has 254 valence electrons. The molecule has 47 heavy (non-hydrogen) atoms. The Morgan fingerprint density at radius 3 is 2.04 bits per heavy atom. The number of carbonyl (C=O) groups excluding carboxylic acids is 3. The van der Waals surface area contributed by atoms with Crippen molar-refractivity contribution in [1.82, 2.24) is 15.4 Å². The van der Waals surface area contributed by atoms with Crippen molar-refractivity contribution in [2.45, 2.75) is 79.5 Å².